The number of aliphatic hydroxyl groups is 1. The number of β-amino-alcohol motifs (C(OH)–C–C–N with tert-alkyl or cyclic N) is 1. The van der Waals surface area contributed by atoms with Crippen LogP contribution in [0, 0.1) is 5.82 Å². The van der Waals surface area contributed by atoms with Gasteiger partial charge >= 0.3 is 0 Å². The van der Waals surface area contributed by atoms with Crippen LogP contribution in [-0.4, -0.2) is 46.3 Å². The van der Waals surface area contributed by atoms with Gasteiger partial charge in [0.05, 0.1) is 12.5 Å². The summed E-state index contributed by atoms with van der Waals surface area (Å²) in [4.78, 5) is 14.5. The largest absolute Gasteiger partial charge is 0.392 e. The van der Waals surface area contributed by atoms with E-state index >= 15 is 0 Å². The first-order chi connectivity index (χ1) is 13.1. The molecule has 2 N–H and O–H groups in total. The fourth-order valence-corrected chi connectivity index (χ4v) is 3.99. The molecule has 2 atom stereocenters. The van der Waals surface area contributed by atoms with Gasteiger partial charge in [-0.25, -0.2) is 4.39 Å². The number of aliphatic hydroxyl groups excluding tert-OH is 1. The normalized spacial score (nSPS) is 22.6. The minimum atomic E-state index is -0.330. The molecule has 2 aliphatic rings. The quantitative estimate of drug-likeness (QED) is 0.832. The average Bonchev–Trinajstić information content (AvgIpc) is 3.21. The highest BCUT2D eigenvalue weighted by atomic mass is 19.1. The van der Waals surface area contributed by atoms with E-state index in [1.54, 1.807) is 12.1 Å². The molecule has 7 heteroatoms. The summed E-state index contributed by atoms with van der Waals surface area (Å²) < 4.78 is 18.8. The fourth-order valence-electron chi connectivity index (χ4n) is 3.99. The molecule has 2 aromatic rings. The first-order valence-corrected chi connectivity index (χ1v) is 9.47. The van der Waals surface area contributed by atoms with Gasteiger partial charge in [-0.15, -0.1) is 0 Å². The number of nitrogens with zero attached hydrogens (tertiary/aromatic N) is 2. The predicted octanol–water partition coefficient (Wildman–Crippen LogP) is 1.60. The average molecular weight is 373 g/mol. The molecule has 1 unspecified atom stereocenters. The summed E-state index contributed by atoms with van der Waals surface area (Å²) in [6, 6.07) is 6.16. The third-order valence-electron chi connectivity index (χ3n) is 5.36. The van der Waals surface area contributed by atoms with E-state index in [0.717, 1.165) is 42.8 Å². The zero-order valence-corrected chi connectivity index (χ0v) is 15.2. The van der Waals surface area contributed by atoms with Gasteiger partial charge in [0.1, 0.15) is 17.3 Å². The van der Waals surface area contributed by atoms with Crippen molar-refractivity contribution in [3.05, 3.63) is 52.7 Å². The Morgan fingerprint density at radius 1 is 1.41 bits per heavy atom. The first kappa shape index (κ1) is 18.1. The number of nitrogens with one attached hydrogen (secondary N) is 1. The van der Waals surface area contributed by atoms with Gasteiger partial charge in [0, 0.05) is 37.7 Å². The topological polar surface area (TPSA) is 78.6 Å². The number of carbonyl (C=O) groups is 1. The van der Waals surface area contributed by atoms with Crippen molar-refractivity contribution in [3.8, 4) is 0 Å². The van der Waals surface area contributed by atoms with E-state index in [-0.39, 0.29) is 30.3 Å². The van der Waals surface area contributed by atoms with E-state index in [2.05, 4.69) is 15.4 Å². The zero-order valence-electron chi connectivity index (χ0n) is 15.2. The Balaban J connectivity index is 1.36. The molecule has 1 aliphatic carbocycles. The van der Waals surface area contributed by atoms with Crippen LogP contribution in [0.15, 0.2) is 28.8 Å². The van der Waals surface area contributed by atoms with Gasteiger partial charge in [-0.1, -0.05) is 17.3 Å². The molecule has 1 fully saturated rings. The van der Waals surface area contributed by atoms with E-state index in [1.807, 2.05) is 0 Å². The number of benzene rings is 1. The number of amides is 1. The number of carbonyl (C=O) groups excluding carboxylic acids is 1. The minimum absolute atomic E-state index is 0.0286. The number of aryl methyl sites for hydroxylation is 1. The maximum atomic E-state index is 13.3. The standard InChI is InChI=1S/C20H24FN3O3/c21-14-3-1-2-13(8-14)9-20(26)22-15-4-5-19-17(10-15)18(23-27-19)12-24-7-6-16(25)11-24/h1-3,8,15-16,25H,4-7,9-12H2,(H,22,26)/t15?,16-/m1/s1. The van der Waals surface area contributed by atoms with Crippen molar-refractivity contribution < 1.29 is 18.8 Å². The number of hydrogen-bond donors (Lipinski definition) is 2. The molecular weight excluding hydrogens is 349 g/mol. The van der Waals surface area contributed by atoms with E-state index in [9.17, 15) is 14.3 Å². The van der Waals surface area contributed by atoms with Crippen LogP contribution >= 0.6 is 0 Å². The third kappa shape index (κ3) is 4.36. The molecule has 6 nitrogen and oxygen atoms in total. The highest BCUT2D eigenvalue weighted by Gasteiger charge is 2.29. The zero-order chi connectivity index (χ0) is 18.8. The second kappa shape index (κ2) is 7.78. The summed E-state index contributed by atoms with van der Waals surface area (Å²) in [5.41, 5.74) is 2.66. The summed E-state index contributed by atoms with van der Waals surface area (Å²) in [6.45, 7) is 2.19. The summed E-state index contributed by atoms with van der Waals surface area (Å²) in [6.07, 6.45) is 2.94. The molecule has 1 amide bonds. The van der Waals surface area contributed by atoms with Crippen molar-refractivity contribution >= 4 is 5.91 Å². The number of likely N-dealkylation sites (tertiary alicyclic amines) is 1. The highest BCUT2D eigenvalue weighted by Crippen LogP contribution is 2.26. The summed E-state index contributed by atoms with van der Waals surface area (Å²) >= 11 is 0. The molecular formula is C20H24FN3O3. The second-order valence-corrected chi connectivity index (χ2v) is 7.52. The summed E-state index contributed by atoms with van der Waals surface area (Å²) in [7, 11) is 0. The molecule has 144 valence electrons. The second-order valence-electron chi connectivity index (χ2n) is 7.52. The first-order valence-electron chi connectivity index (χ1n) is 9.47. The van der Waals surface area contributed by atoms with Gasteiger partial charge in [0.2, 0.25) is 5.91 Å². The van der Waals surface area contributed by atoms with Gasteiger partial charge < -0.3 is 14.9 Å². The SMILES string of the molecule is O=C(Cc1cccc(F)c1)NC1CCc2onc(CN3CC[C@@H](O)C3)c2C1. The Hall–Kier alpha value is -2.25. The Kier molecular flexibility index (Phi) is 5.22. The number of aromatic nitrogens is 1. The summed E-state index contributed by atoms with van der Waals surface area (Å²) in [5.74, 6) is 0.471. The third-order valence-corrected chi connectivity index (χ3v) is 5.36. The lowest BCUT2D eigenvalue weighted by Crippen LogP contribution is -2.39. The van der Waals surface area contributed by atoms with Crippen molar-refractivity contribution in [2.24, 2.45) is 0 Å². The fraction of sp³-hybridized carbons (Fsp3) is 0.500. The smallest absolute Gasteiger partial charge is 0.224 e. The number of halogens is 1. The molecule has 4 rings (SSSR count). The lowest BCUT2D eigenvalue weighted by Gasteiger charge is -2.23. The highest BCUT2D eigenvalue weighted by molar-refractivity contribution is 5.78. The van der Waals surface area contributed by atoms with E-state index in [1.165, 1.54) is 12.1 Å². The molecule has 0 radical (unpaired) electrons. The van der Waals surface area contributed by atoms with Crippen LogP contribution in [0.2, 0.25) is 0 Å². The van der Waals surface area contributed by atoms with Crippen LogP contribution in [0.1, 0.15) is 35.4 Å². The van der Waals surface area contributed by atoms with Crippen molar-refractivity contribution in [2.45, 2.75) is 50.8 Å². The van der Waals surface area contributed by atoms with Crippen molar-refractivity contribution in [2.75, 3.05) is 13.1 Å². The molecule has 1 aromatic carbocycles. The van der Waals surface area contributed by atoms with Gasteiger partial charge in [0.25, 0.3) is 0 Å². The molecule has 0 spiro atoms. The van der Waals surface area contributed by atoms with E-state index in [0.29, 0.717) is 25.1 Å². The molecule has 27 heavy (non-hydrogen) atoms. The van der Waals surface area contributed by atoms with Gasteiger partial charge in [0.15, 0.2) is 0 Å². The lowest BCUT2D eigenvalue weighted by molar-refractivity contribution is -0.121. The number of hydrogen-bond acceptors (Lipinski definition) is 5. The van der Waals surface area contributed by atoms with Crippen LogP contribution < -0.4 is 5.32 Å². The van der Waals surface area contributed by atoms with Crippen LogP contribution in [0.4, 0.5) is 4.39 Å². The molecule has 1 aromatic heterocycles. The van der Waals surface area contributed by atoms with Crippen molar-refractivity contribution in [3.63, 3.8) is 0 Å². The Morgan fingerprint density at radius 3 is 3.07 bits per heavy atom. The van der Waals surface area contributed by atoms with Gasteiger partial charge in [-0.2, -0.15) is 0 Å². The van der Waals surface area contributed by atoms with Gasteiger partial charge in [-0.3, -0.25) is 9.69 Å². The Bertz CT molecular complexity index is 823. The molecule has 0 bridgehead atoms. The Labute approximate surface area is 157 Å². The van der Waals surface area contributed by atoms with Gasteiger partial charge in [-0.05, 0) is 37.0 Å². The monoisotopic (exact) mass is 373 g/mol. The van der Waals surface area contributed by atoms with Crippen LogP contribution in [0.25, 0.3) is 0 Å². The number of fused-ring (bicyclic) bond motifs is 1. The molecule has 2 heterocycles. The number of rotatable bonds is 5. The van der Waals surface area contributed by atoms with Crippen LogP contribution in [0.5, 0.6) is 0 Å². The van der Waals surface area contributed by atoms with Crippen molar-refractivity contribution in [1.82, 2.24) is 15.4 Å². The van der Waals surface area contributed by atoms with E-state index in [4.69, 9.17) is 4.52 Å². The predicted molar refractivity (Wildman–Crippen MR) is 96.5 cm³/mol. The molecule has 1 aliphatic heterocycles. The summed E-state index contributed by atoms with van der Waals surface area (Å²) in [5, 5.41) is 17.0. The molecule has 1 saturated heterocycles. The maximum absolute atomic E-state index is 13.3. The van der Waals surface area contributed by atoms with Crippen LogP contribution in [-0.2, 0) is 30.6 Å². The van der Waals surface area contributed by atoms with E-state index < -0.39 is 0 Å². The minimum Gasteiger partial charge on any atom is -0.392 e. The van der Waals surface area contributed by atoms with Crippen molar-refractivity contribution in [1.29, 1.82) is 0 Å². The lowest BCUT2D eigenvalue weighted by atomic mass is 9.91. The maximum Gasteiger partial charge on any atom is 0.224 e. The Morgan fingerprint density at radius 2 is 2.30 bits per heavy atom. The van der Waals surface area contributed by atoms with Crippen LogP contribution in [0.3, 0.4) is 0 Å². The molecule has 0 saturated carbocycles.